The van der Waals surface area contributed by atoms with Gasteiger partial charge < -0.3 is 9.88 Å². The number of hydrogen-bond donors (Lipinski definition) is 1. The van der Waals surface area contributed by atoms with Gasteiger partial charge >= 0.3 is 0 Å². The van der Waals surface area contributed by atoms with Gasteiger partial charge in [0, 0.05) is 24.1 Å². The van der Waals surface area contributed by atoms with E-state index in [0.29, 0.717) is 24.1 Å². The molecule has 1 heterocycles. The lowest BCUT2D eigenvalue weighted by Crippen LogP contribution is -2.47. The molecule has 6 heteroatoms. The van der Waals surface area contributed by atoms with Crippen molar-refractivity contribution in [3.05, 3.63) is 59.8 Å². The Labute approximate surface area is 171 Å². The number of anilines is 1. The van der Waals surface area contributed by atoms with Gasteiger partial charge in [-0.05, 0) is 62.1 Å². The van der Waals surface area contributed by atoms with Gasteiger partial charge in [-0.25, -0.2) is 8.42 Å². The molecule has 152 valence electrons. The molecule has 1 aliphatic rings. The summed E-state index contributed by atoms with van der Waals surface area (Å²) in [5.41, 5.74) is 3.19. The highest BCUT2D eigenvalue weighted by Gasteiger charge is 2.53. The Balaban J connectivity index is 1.78. The molecule has 1 amide bonds. The highest BCUT2D eigenvalue weighted by molar-refractivity contribution is 7.93. The van der Waals surface area contributed by atoms with Gasteiger partial charge in [0.2, 0.25) is 5.91 Å². The van der Waals surface area contributed by atoms with Crippen LogP contribution in [0, 0.1) is 13.8 Å². The number of carbonyl (C=O) groups is 1. The number of carbonyl (C=O) groups excluding carboxylic acids is 1. The molecule has 1 N–H and O–H groups in total. The Bertz CT molecular complexity index is 1200. The molecule has 0 saturated heterocycles. The van der Waals surface area contributed by atoms with Gasteiger partial charge in [-0.3, -0.25) is 4.79 Å². The number of fused-ring (bicyclic) bond motifs is 1. The third kappa shape index (κ3) is 3.06. The Hall–Kier alpha value is -2.60. The average molecular weight is 411 g/mol. The normalized spacial score (nSPS) is 16.2. The summed E-state index contributed by atoms with van der Waals surface area (Å²) in [5.74, 6) is -0.424. The molecule has 0 unspecified atom stereocenters. The molecule has 1 fully saturated rings. The molecule has 3 aromatic rings. The van der Waals surface area contributed by atoms with Crippen LogP contribution >= 0.6 is 0 Å². The zero-order valence-electron chi connectivity index (χ0n) is 17.0. The van der Waals surface area contributed by atoms with Crippen molar-refractivity contribution in [2.24, 2.45) is 7.05 Å². The average Bonchev–Trinajstić information content (AvgIpc) is 3.33. The molecule has 1 aliphatic carbocycles. The largest absolute Gasteiger partial charge is 0.350 e. The first-order chi connectivity index (χ1) is 13.8. The first kappa shape index (κ1) is 19.7. The Morgan fingerprint density at radius 2 is 1.79 bits per heavy atom. The fourth-order valence-corrected chi connectivity index (χ4v) is 6.79. The van der Waals surface area contributed by atoms with Gasteiger partial charge in [0.05, 0.1) is 10.6 Å². The molecule has 5 nitrogen and oxygen atoms in total. The van der Waals surface area contributed by atoms with E-state index in [1.54, 1.807) is 13.0 Å². The number of nitrogens with zero attached hydrogens (tertiary/aromatic N) is 1. The minimum absolute atomic E-state index is 0.271. The number of amides is 1. The van der Waals surface area contributed by atoms with Gasteiger partial charge in [0.1, 0.15) is 0 Å². The standard InChI is InChI=1S/C23H26N2O3S/c1-16-9-10-17(2)21(15-16)29(27,28)23(12-4-5-13-23)22(26)24-19-7-6-8-20-18(19)11-14-25(20)3/h6-11,14-15H,4-5,12-13H2,1-3H3,(H,24,26). The van der Waals surface area contributed by atoms with E-state index in [4.69, 9.17) is 0 Å². The Morgan fingerprint density at radius 3 is 2.52 bits per heavy atom. The van der Waals surface area contributed by atoms with Crippen LogP contribution in [0.1, 0.15) is 36.8 Å². The van der Waals surface area contributed by atoms with E-state index in [0.717, 1.165) is 29.3 Å². The summed E-state index contributed by atoms with van der Waals surface area (Å²) < 4.78 is 28.1. The minimum Gasteiger partial charge on any atom is -0.350 e. The van der Waals surface area contributed by atoms with Gasteiger partial charge in [0.25, 0.3) is 0 Å². The van der Waals surface area contributed by atoms with Crippen LogP contribution in [-0.2, 0) is 21.7 Å². The summed E-state index contributed by atoms with van der Waals surface area (Å²) in [6.45, 7) is 3.66. The third-order valence-electron chi connectivity index (χ3n) is 6.15. The molecule has 2 aromatic carbocycles. The van der Waals surface area contributed by atoms with Gasteiger partial charge in [-0.15, -0.1) is 0 Å². The topological polar surface area (TPSA) is 68.2 Å². The maximum absolute atomic E-state index is 13.8. The van der Waals surface area contributed by atoms with Crippen molar-refractivity contribution in [1.29, 1.82) is 0 Å². The van der Waals surface area contributed by atoms with E-state index in [1.165, 1.54) is 0 Å². The summed E-state index contributed by atoms with van der Waals surface area (Å²) >= 11 is 0. The van der Waals surface area contributed by atoms with Crippen molar-refractivity contribution in [1.82, 2.24) is 4.57 Å². The van der Waals surface area contributed by atoms with Crippen LogP contribution in [-0.4, -0.2) is 23.6 Å². The second-order valence-corrected chi connectivity index (χ2v) is 10.3. The van der Waals surface area contributed by atoms with Crippen LogP contribution in [0.5, 0.6) is 0 Å². The number of benzene rings is 2. The molecule has 0 spiro atoms. The van der Waals surface area contributed by atoms with Gasteiger partial charge in [-0.1, -0.05) is 31.0 Å². The van der Waals surface area contributed by atoms with E-state index in [1.807, 2.05) is 61.1 Å². The lowest BCUT2D eigenvalue weighted by molar-refractivity contribution is -0.118. The Kier molecular flexibility index (Phi) is 4.77. The zero-order valence-corrected chi connectivity index (χ0v) is 17.8. The maximum Gasteiger partial charge on any atom is 0.246 e. The summed E-state index contributed by atoms with van der Waals surface area (Å²) in [7, 11) is -1.90. The molecule has 29 heavy (non-hydrogen) atoms. The molecule has 0 aliphatic heterocycles. The summed E-state index contributed by atoms with van der Waals surface area (Å²) in [4.78, 5) is 13.8. The van der Waals surface area contributed by atoms with E-state index in [9.17, 15) is 13.2 Å². The van der Waals surface area contributed by atoms with Crippen LogP contribution in [0.3, 0.4) is 0 Å². The number of sulfone groups is 1. The smallest absolute Gasteiger partial charge is 0.246 e. The quantitative estimate of drug-likeness (QED) is 0.688. The lowest BCUT2D eigenvalue weighted by atomic mass is 10.1. The van der Waals surface area contributed by atoms with Crippen LogP contribution in [0.2, 0.25) is 0 Å². The lowest BCUT2D eigenvalue weighted by Gasteiger charge is -2.28. The number of rotatable bonds is 4. The molecule has 4 rings (SSSR count). The molecule has 0 bridgehead atoms. The number of hydrogen-bond acceptors (Lipinski definition) is 3. The van der Waals surface area contributed by atoms with E-state index >= 15 is 0 Å². The van der Waals surface area contributed by atoms with E-state index in [2.05, 4.69) is 5.32 Å². The molecule has 1 aromatic heterocycles. The van der Waals surface area contributed by atoms with Crippen LogP contribution in [0.25, 0.3) is 10.9 Å². The molecule has 1 saturated carbocycles. The highest BCUT2D eigenvalue weighted by Crippen LogP contribution is 2.42. The van der Waals surface area contributed by atoms with Gasteiger partial charge in [0.15, 0.2) is 14.6 Å². The summed E-state index contributed by atoms with van der Waals surface area (Å²) in [6, 6.07) is 13.0. The highest BCUT2D eigenvalue weighted by atomic mass is 32.2. The fraction of sp³-hybridized carbons (Fsp3) is 0.348. The minimum atomic E-state index is -3.84. The number of aryl methyl sites for hydroxylation is 3. The molecular formula is C23H26N2O3S. The predicted octanol–water partition coefficient (Wildman–Crippen LogP) is 4.52. The molecule has 0 atom stereocenters. The second kappa shape index (κ2) is 7.02. The van der Waals surface area contributed by atoms with Crippen LogP contribution < -0.4 is 5.32 Å². The predicted molar refractivity (Wildman–Crippen MR) is 116 cm³/mol. The SMILES string of the molecule is Cc1ccc(C)c(S(=O)(=O)C2(C(=O)Nc3cccc4c3ccn4C)CCCC2)c1. The first-order valence-corrected chi connectivity index (χ1v) is 11.4. The number of aromatic nitrogens is 1. The Morgan fingerprint density at radius 1 is 1.07 bits per heavy atom. The second-order valence-electron chi connectivity index (χ2n) is 8.09. The van der Waals surface area contributed by atoms with Crippen molar-refractivity contribution >= 4 is 32.3 Å². The van der Waals surface area contributed by atoms with Crippen LogP contribution in [0.15, 0.2) is 53.6 Å². The zero-order chi connectivity index (χ0) is 20.8. The van der Waals surface area contributed by atoms with Gasteiger partial charge in [-0.2, -0.15) is 0 Å². The fourth-order valence-electron chi connectivity index (χ4n) is 4.42. The maximum atomic E-state index is 13.8. The third-order valence-corrected chi connectivity index (χ3v) is 8.79. The van der Waals surface area contributed by atoms with Crippen molar-refractivity contribution in [3.63, 3.8) is 0 Å². The van der Waals surface area contributed by atoms with Crippen molar-refractivity contribution in [2.45, 2.75) is 49.2 Å². The van der Waals surface area contributed by atoms with Crippen LogP contribution in [0.4, 0.5) is 5.69 Å². The summed E-state index contributed by atoms with van der Waals surface area (Å²) in [5, 5.41) is 3.86. The molecule has 0 radical (unpaired) electrons. The molecular weight excluding hydrogens is 384 g/mol. The van der Waals surface area contributed by atoms with E-state index < -0.39 is 20.5 Å². The van der Waals surface area contributed by atoms with Crippen molar-refractivity contribution in [3.8, 4) is 0 Å². The number of nitrogens with one attached hydrogen (secondary N) is 1. The van der Waals surface area contributed by atoms with Crippen molar-refractivity contribution < 1.29 is 13.2 Å². The first-order valence-electron chi connectivity index (χ1n) is 9.94. The summed E-state index contributed by atoms with van der Waals surface area (Å²) in [6.07, 6.45) is 4.08. The van der Waals surface area contributed by atoms with Crippen molar-refractivity contribution in [2.75, 3.05) is 5.32 Å². The van der Waals surface area contributed by atoms with E-state index in [-0.39, 0.29) is 4.90 Å². The monoisotopic (exact) mass is 410 g/mol.